The Hall–Kier alpha value is -3.33. The van der Waals surface area contributed by atoms with E-state index in [4.69, 9.17) is 10.5 Å². The molecule has 0 radical (unpaired) electrons. The molecule has 34 heavy (non-hydrogen) atoms. The van der Waals surface area contributed by atoms with Crippen LogP contribution in [0.5, 0.6) is 5.75 Å². The number of hydrogen-bond donors (Lipinski definition) is 1. The summed E-state index contributed by atoms with van der Waals surface area (Å²) in [4.78, 5) is 36.8. The quantitative estimate of drug-likeness (QED) is 0.474. The molecule has 0 aliphatic heterocycles. The number of rotatable bonds is 10. The van der Waals surface area contributed by atoms with Gasteiger partial charge in [0, 0.05) is 11.4 Å². The SMILES string of the molecule is COc1ccc(C2(C(=O)N(CCCc3cccc(F)c3)Cc3nc(C(N)=O)c(C)s3)CC2)nc1. The second-order valence-corrected chi connectivity index (χ2v) is 9.79. The smallest absolute Gasteiger partial charge is 0.268 e. The lowest BCUT2D eigenvalue weighted by Crippen LogP contribution is -2.40. The molecule has 3 aromatic rings. The first-order valence-electron chi connectivity index (χ1n) is 11.1. The Kier molecular flexibility index (Phi) is 6.92. The number of nitrogens with zero attached hydrogens (tertiary/aromatic N) is 3. The Bertz CT molecular complexity index is 1190. The molecule has 0 bridgehead atoms. The van der Waals surface area contributed by atoms with E-state index in [0.717, 1.165) is 29.0 Å². The molecule has 1 aliphatic carbocycles. The molecule has 0 atom stereocenters. The van der Waals surface area contributed by atoms with Gasteiger partial charge < -0.3 is 15.4 Å². The monoisotopic (exact) mass is 482 g/mol. The van der Waals surface area contributed by atoms with Crippen LogP contribution < -0.4 is 10.5 Å². The predicted octanol–water partition coefficient (Wildman–Crippen LogP) is 3.79. The van der Waals surface area contributed by atoms with E-state index in [1.165, 1.54) is 23.5 Å². The van der Waals surface area contributed by atoms with Crippen LogP contribution in [0.2, 0.25) is 0 Å². The van der Waals surface area contributed by atoms with Crippen LogP contribution in [0, 0.1) is 12.7 Å². The Morgan fingerprint density at radius 2 is 2.06 bits per heavy atom. The summed E-state index contributed by atoms with van der Waals surface area (Å²) in [6.07, 6.45) is 4.36. The second kappa shape index (κ2) is 9.89. The molecule has 4 rings (SSSR count). The van der Waals surface area contributed by atoms with Crippen molar-refractivity contribution in [1.82, 2.24) is 14.9 Å². The van der Waals surface area contributed by atoms with Crippen molar-refractivity contribution in [3.63, 3.8) is 0 Å². The van der Waals surface area contributed by atoms with Crippen molar-refractivity contribution >= 4 is 23.2 Å². The van der Waals surface area contributed by atoms with Crippen LogP contribution in [-0.4, -0.2) is 40.3 Å². The van der Waals surface area contributed by atoms with Crippen LogP contribution in [0.25, 0.3) is 0 Å². The number of aromatic nitrogens is 2. The minimum atomic E-state index is -0.663. The third-order valence-electron chi connectivity index (χ3n) is 6.09. The molecular formula is C25H27FN4O3S. The second-order valence-electron chi connectivity index (χ2n) is 8.50. The van der Waals surface area contributed by atoms with Crippen molar-refractivity contribution in [2.75, 3.05) is 13.7 Å². The Labute approximate surface area is 201 Å². The molecule has 9 heteroatoms. The van der Waals surface area contributed by atoms with Crippen molar-refractivity contribution < 1.29 is 18.7 Å². The van der Waals surface area contributed by atoms with Gasteiger partial charge in [-0.3, -0.25) is 14.6 Å². The molecule has 1 saturated carbocycles. The van der Waals surface area contributed by atoms with Crippen molar-refractivity contribution in [2.24, 2.45) is 5.73 Å². The molecule has 2 amide bonds. The number of methoxy groups -OCH3 is 1. The predicted molar refractivity (Wildman–Crippen MR) is 127 cm³/mol. The van der Waals surface area contributed by atoms with E-state index < -0.39 is 11.3 Å². The molecule has 7 nitrogen and oxygen atoms in total. The summed E-state index contributed by atoms with van der Waals surface area (Å²) >= 11 is 1.36. The van der Waals surface area contributed by atoms with Gasteiger partial charge in [-0.05, 0) is 62.4 Å². The van der Waals surface area contributed by atoms with E-state index >= 15 is 0 Å². The van der Waals surface area contributed by atoms with E-state index in [9.17, 15) is 14.0 Å². The highest BCUT2D eigenvalue weighted by atomic mass is 32.1. The summed E-state index contributed by atoms with van der Waals surface area (Å²) in [5.41, 5.74) is 6.61. The summed E-state index contributed by atoms with van der Waals surface area (Å²) in [5, 5.41) is 0.656. The molecule has 1 aromatic carbocycles. The maximum Gasteiger partial charge on any atom is 0.268 e. The van der Waals surface area contributed by atoms with Crippen molar-refractivity contribution in [1.29, 1.82) is 0 Å². The van der Waals surface area contributed by atoms with Gasteiger partial charge in [-0.15, -0.1) is 11.3 Å². The van der Waals surface area contributed by atoms with Gasteiger partial charge in [0.05, 0.1) is 31.0 Å². The summed E-state index contributed by atoms with van der Waals surface area (Å²) in [5.74, 6) is -0.232. The van der Waals surface area contributed by atoms with Crippen molar-refractivity contribution in [3.05, 3.63) is 75.2 Å². The van der Waals surface area contributed by atoms with Crippen molar-refractivity contribution in [3.8, 4) is 5.75 Å². The lowest BCUT2D eigenvalue weighted by atomic mass is 9.99. The Morgan fingerprint density at radius 3 is 2.65 bits per heavy atom. The Balaban J connectivity index is 1.55. The van der Waals surface area contributed by atoms with Gasteiger partial charge in [-0.25, -0.2) is 9.37 Å². The number of pyridine rings is 1. The molecule has 1 fully saturated rings. The third kappa shape index (κ3) is 5.09. The summed E-state index contributed by atoms with van der Waals surface area (Å²) in [7, 11) is 1.57. The van der Waals surface area contributed by atoms with E-state index in [2.05, 4.69) is 9.97 Å². The van der Waals surface area contributed by atoms with Gasteiger partial charge in [-0.1, -0.05) is 12.1 Å². The highest BCUT2D eigenvalue weighted by Crippen LogP contribution is 2.49. The number of nitrogens with two attached hydrogens (primary N) is 1. The van der Waals surface area contributed by atoms with Crippen LogP contribution in [0.4, 0.5) is 4.39 Å². The lowest BCUT2D eigenvalue weighted by molar-refractivity contribution is -0.134. The largest absolute Gasteiger partial charge is 0.495 e. The minimum absolute atomic E-state index is 0.0158. The van der Waals surface area contributed by atoms with Crippen LogP contribution >= 0.6 is 11.3 Å². The molecular weight excluding hydrogens is 455 g/mol. The maximum absolute atomic E-state index is 13.8. The first-order valence-corrected chi connectivity index (χ1v) is 11.9. The van der Waals surface area contributed by atoms with Gasteiger partial charge in [0.25, 0.3) is 5.91 Å². The number of aryl methyl sites for hydroxylation is 2. The highest BCUT2D eigenvalue weighted by molar-refractivity contribution is 7.11. The summed E-state index contributed by atoms with van der Waals surface area (Å²) in [6, 6.07) is 10.1. The molecule has 2 N–H and O–H groups in total. The number of benzene rings is 1. The molecule has 0 spiro atoms. The average Bonchev–Trinajstić information content (AvgIpc) is 3.55. The average molecular weight is 483 g/mol. The minimum Gasteiger partial charge on any atom is -0.495 e. The number of halogens is 1. The Morgan fingerprint density at radius 1 is 1.26 bits per heavy atom. The molecule has 2 aromatic heterocycles. The van der Waals surface area contributed by atoms with Gasteiger partial charge in [0.1, 0.15) is 22.3 Å². The number of hydrogen-bond acceptors (Lipinski definition) is 6. The number of amides is 2. The number of thiazole rings is 1. The topological polar surface area (TPSA) is 98.4 Å². The normalized spacial score (nSPS) is 14.0. The van der Waals surface area contributed by atoms with Gasteiger partial charge in [-0.2, -0.15) is 0 Å². The third-order valence-corrected chi connectivity index (χ3v) is 7.05. The van der Waals surface area contributed by atoms with Gasteiger partial charge >= 0.3 is 0 Å². The molecule has 0 unspecified atom stereocenters. The number of primary amides is 1. The number of ether oxygens (including phenoxy) is 1. The van der Waals surface area contributed by atoms with Crippen molar-refractivity contribution in [2.45, 2.75) is 44.6 Å². The molecule has 0 saturated heterocycles. The van der Waals surface area contributed by atoms with Crippen LogP contribution in [0.1, 0.15) is 50.9 Å². The number of carbonyl (C=O) groups is 2. The van der Waals surface area contributed by atoms with E-state index in [1.807, 2.05) is 18.2 Å². The fourth-order valence-corrected chi connectivity index (χ4v) is 5.07. The molecule has 2 heterocycles. The first kappa shape index (κ1) is 23.8. The maximum atomic E-state index is 13.8. The zero-order valence-electron chi connectivity index (χ0n) is 19.2. The number of carbonyl (C=O) groups excluding carboxylic acids is 2. The summed E-state index contributed by atoms with van der Waals surface area (Å²) < 4.78 is 18.8. The standard InChI is InChI=1S/C25H27FN4O3S/c1-16-22(23(27)31)29-21(34-16)15-30(12-4-6-17-5-3-7-18(26)13-17)24(32)25(10-11-25)20-9-8-19(33-2)14-28-20/h3,5,7-9,13-14H,4,6,10-12,15H2,1-2H3,(H2,27,31). The zero-order chi connectivity index (χ0) is 24.3. The van der Waals surface area contributed by atoms with Crippen LogP contribution in [0.3, 0.4) is 0 Å². The molecule has 1 aliphatic rings. The van der Waals surface area contributed by atoms with E-state index in [1.54, 1.807) is 31.2 Å². The van der Waals surface area contributed by atoms with Gasteiger partial charge in [0.15, 0.2) is 0 Å². The lowest BCUT2D eigenvalue weighted by Gasteiger charge is -2.27. The summed E-state index contributed by atoms with van der Waals surface area (Å²) in [6.45, 7) is 2.54. The fourth-order valence-electron chi connectivity index (χ4n) is 4.12. The highest BCUT2D eigenvalue weighted by Gasteiger charge is 2.54. The fraction of sp³-hybridized carbons (Fsp3) is 0.360. The van der Waals surface area contributed by atoms with E-state index in [-0.39, 0.29) is 24.0 Å². The zero-order valence-corrected chi connectivity index (χ0v) is 20.0. The molecule has 178 valence electrons. The van der Waals surface area contributed by atoms with E-state index in [0.29, 0.717) is 30.1 Å². The first-order chi connectivity index (χ1) is 16.3. The van der Waals surface area contributed by atoms with Crippen LogP contribution in [-0.2, 0) is 23.2 Å². The van der Waals surface area contributed by atoms with Crippen LogP contribution in [0.15, 0.2) is 42.6 Å². The van der Waals surface area contributed by atoms with Gasteiger partial charge in [0.2, 0.25) is 5.91 Å².